The van der Waals surface area contributed by atoms with Crippen LogP contribution in [0.3, 0.4) is 0 Å². The van der Waals surface area contributed by atoms with Gasteiger partial charge < -0.3 is 52.1 Å². The van der Waals surface area contributed by atoms with E-state index in [1.165, 1.54) is 77.0 Å². The maximum absolute atomic E-state index is 11.2. The second kappa shape index (κ2) is 46.1. The Labute approximate surface area is 305 Å². The van der Waals surface area contributed by atoms with E-state index in [0.29, 0.717) is 132 Å². The zero-order valence-electron chi connectivity index (χ0n) is 32.1. The maximum atomic E-state index is 11.2. The number of rotatable bonds is 45. The number of ether oxygens (including phenoxy) is 11. The summed E-state index contributed by atoms with van der Waals surface area (Å²) in [5.41, 5.74) is 0. The Morgan fingerprint density at radius 2 is 0.540 bits per heavy atom. The van der Waals surface area contributed by atoms with Crippen molar-refractivity contribution in [3.8, 4) is 0 Å². The average molecular weight is 725 g/mol. The van der Waals surface area contributed by atoms with E-state index in [-0.39, 0.29) is 12.4 Å². The molecule has 0 aromatic carbocycles. The summed E-state index contributed by atoms with van der Waals surface area (Å²) in [6.07, 6.45) is 18.0. The third kappa shape index (κ3) is 45.1. The lowest BCUT2D eigenvalue weighted by molar-refractivity contribution is -0.144. The van der Waals surface area contributed by atoms with Gasteiger partial charge in [-0.1, -0.05) is 84.0 Å². The Balaban J connectivity index is 3.06. The zero-order valence-corrected chi connectivity index (χ0v) is 32.1. The van der Waals surface area contributed by atoms with Crippen LogP contribution in [-0.2, 0) is 56.9 Å². The Kier molecular flexibility index (Phi) is 45.2. The van der Waals surface area contributed by atoms with Crippen LogP contribution in [0.25, 0.3) is 0 Å². The van der Waals surface area contributed by atoms with Crippen molar-refractivity contribution in [2.24, 2.45) is 0 Å². The highest BCUT2D eigenvalue weighted by molar-refractivity contribution is 5.69. The van der Waals surface area contributed by atoms with Crippen LogP contribution < -0.4 is 0 Å². The third-order valence-electron chi connectivity index (χ3n) is 7.50. The minimum atomic E-state index is -0.247. The second-order valence-corrected chi connectivity index (χ2v) is 11.9. The lowest BCUT2D eigenvalue weighted by Gasteiger charge is -2.09. The normalized spacial score (nSPS) is 11.5. The number of hydrogen-bond acceptors (Lipinski definition) is 12. The van der Waals surface area contributed by atoms with Crippen molar-refractivity contribution in [2.75, 3.05) is 139 Å². The molecule has 50 heavy (non-hydrogen) atoms. The van der Waals surface area contributed by atoms with Gasteiger partial charge in [0.05, 0.1) is 139 Å². The van der Waals surface area contributed by atoms with Crippen molar-refractivity contribution in [1.82, 2.24) is 0 Å². The maximum Gasteiger partial charge on any atom is 0.308 e. The Morgan fingerprint density at radius 3 is 0.820 bits per heavy atom. The van der Waals surface area contributed by atoms with Gasteiger partial charge in [-0.15, -0.1) is 0 Å². The topological polar surface area (TPSA) is 119 Å². The molecular formula is C38H76O12. The molecule has 0 radical (unpaired) electrons. The summed E-state index contributed by atoms with van der Waals surface area (Å²) < 4.78 is 59.7. The fraction of sp³-hybridized carbons (Fsp3) is 0.974. The van der Waals surface area contributed by atoms with Crippen LogP contribution in [0.2, 0.25) is 0 Å². The predicted octanol–water partition coefficient (Wildman–Crippen LogP) is 6.20. The molecule has 0 aliphatic heterocycles. The SMILES string of the molecule is CCCCCCCCCCCCCCCOCCOCCOCCOCCOCCOCCOCCOCCOCCOCCC(=O)OCC. The fourth-order valence-electron chi connectivity index (χ4n) is 4.69. The Morgan fingerprint density at radius 1 is 0.300 bits per heavy atom. The summed E-state index contributed by atoms with van der Waals surface area (Å²) in [5, 5.41) is 0. The third-order valence-corrected chi connectivity index (χ3v) is 7.50. The van der Waals surface area contributed by atoms with E-state index >= 15 is 0 Å². The van der Waals surface area contributed by atoms with E-state index in [4.69, 9.17) is 52.1 Å². The van der Waals surface area contributed by atoms with Crippen LogP contribution in [0.4, 0.5) is 0 Å². The highest BCUT2D eigenvalue weighted by atomic mass is 16.6. The van der Waals surface area contributed by atoms with Crippen molar-refractivity contribution >= 4 is 5.97 Å². The molecule has 12 nitrogen and oxygen atoms in total. The monoisotopic (exact) mass is 725 g/mol. The van der Waals surface area contributed by atoms with Gasteiger partial charge in [-0.25, -0.2) is 0 Å². The van der Waals surface area contributed by atoms with Crippen molar-refractivity contribution in [2.45, 2.75) is 104 Å². The van der Waals surface area contributed by atoms with Gasteiger partial charge >= 0.3 is 5.97 Å². The van der Waals surface area contributed by atoms with Crippen molar-refractivity contribution in [1.29, 1.82) is 0 Å². The smallest absolute Gasteiger partial charge is 0.308 e. The molecule has 0 aromatic rings. The Bertz CT molecular complexity index is 629. The quantitative estimate of drug-likeness (QED) is 0.0526. The van der Waals surface area contributed by atoms with Gasteiger partial charge in [0, 0.05) is 6.61 Å². The first-order valence-corrected chi connectivity index (χ1v) is 19.7. The van der Waals surface area contributed by atoms with Crippen LogP contribution in [0.1, 0.15) is 104 Å². The number of carbonyl (C=O) groups is 1. The summed E-state index contributed by atoms with van der Waals surface area (Å²) in [6.45, 7) is 15.0. The van der Waals surface area contributed by atoms with Crippen LogP contribution in [0.5, 0.6) is 0 Å². The van der Waals surface area contributed by atoms with Crippen LogP contribution in [0, 0.1) is 0 Å². The summed E-state index contributed by atoms with van der Waals surface area (Å²) in [6, 6.07) is 0. The lowest BCUT2D eigenvalue weighted by Crippen LogP contribution is -2.15. The first kappa shape index (κ1) is 49.1. The molecule has 0 saturated heterocycles. The van der Waals surface area contributed by atoms with E-state index in [2.05, 4.69) is 6.92 Å². The molecule has 300 valence electrons. The Hall–Kier alpha value is -0.930. The molecule has 0 saturated carbocycles. The van der Waals surface area contributed by atoms with E-state index in [1.807, 2.05) is 0 Å². The van der Waals surface area contributed by atoms with Gasteiger partial charge in [0.1, 0.15) is 0 Å². The highest BCUT2D eigenvalue weighted by Gasteiger charge is 2.01. The molecule has 0 spiro atoms. The molecule has 0 aromatic heterocycles. The predicted molar refractivity (Wildman–Crippen MR) is 195 cm³/mol. The summed E-state index contributed by atoms with van der Waals surface area (Å²) >= 11 is 0. The van der Waals surface area contributed by atoms with Crippen LogP contribution in [-0.4, -0.2) is 145 Å². The van der Waals surface area contributed by atoms with E-state index < -0.39 is 0 Å². The van der Waals surface area contributed by atoms with Gasteiger partial charge in [0.15, 0.2) is 0 Å². The molecule has 0 N–H and O–H groups in total. The molecule has 0 unspecified atom stereocenters. The first-order chi connectivity index (χ1) is 24.8. The van der Waals surface area contributed by atoms with Crippen molar-refractivity contribution < 1.29 is 56.9 Å². The van der Waals surface area contributed by atoms with Gasteiger partial charge in [-0.2, -0.15) is 0 Å². The van der Waals surface area contributed by atoms with E-state index in [9.17, 15) is 4.79 Å². The average Bonchev–Trinajstić information content (AvgIpc) is 3.12. The molecule has 0 heterocycles. The largest absolute Gasteiger partial charge is 0.466 e. The van der Waals surface area contributed by atoms with Crippen molar-refractivity contribution in [3.63, 3.8) is 0 Å². The van der Waals surface area contributed by atoms with Gasteiger partial charge in [0.25, 0.3) is 0 Å². The van der Waals surface area contributed by atoms with Gasteiger partial charge in [-0.05, 0) is 13.3 Å². The molecule has 0 aliphatic carbocycles. The number of esters is 1. The molecule has 0 rings (SSSR count). The summed E-state index contributed by atoms with van der Waals surface area (Å²) in [4.78, 5) is 11.2. The lowest BCUT2D eigenvalue weighted by atomic mass is 10.0. The molecular weight excluding hydrogens is 648 g/mol. The molecule has 0 amide bonds. The van der Waals surface area contributed by atoms with E-state index in [0.717, 1.165) is 13.0 Å². The minimum absolute atomic E-state index is 0.247. The molecule has 12 heteroatoms. The molecule has 0 aliphatic rings. The molecule has 0 fully saturated rings. The summed E-state index contributed by atoms with van der Waals surface area (Å²) in [7, 11) is 0. The molecule has 0 bridgehead atoms. The molecule has 0 atom stereocenters. The van der Waals surface area contributed by atoms with Crippen LogP contribution >= 0.6 is 0 Å². The van der Waals surface area contributed by atoms with Crippen LogP contribution in [0.15, 0.2) is 0 Å². The highest BCUT2D eigenvalue weighted by Crippen LogP contribution is 2.12. The van der Waals surface area contributed by atoms with E-state index in [1.54, 1.807) is 6.92 Å². The standard InChI is InChI=1S/C38H76O12/c1-3-5-6-7-8-9-10-11-12-13-14-15-16-18-40-20-22-42-24-26-44-28-30-46-32-34-48-36-37-49-35-33-47-31-29-45-27-25-43-23-21-41-19-17-38(39)50-4-2/h3-37H2,1-2H3. The fourth-order valence-corrected chi connectivity index (χ4v) is 4.69. The number of carbonyl (C=O) groups excluding carboxylic acids is 1. The first-order valence-electron chi connectivity index (χ1n) is 19.7. The van der Waals surface area contributed by atoms with Gasteiger partial charge in [0.2, 0.25) is 0 Å². The minimum Gasteiger partial charge on any atom is -0.466 e. The van der Waals surface area contributed by atoms with Crippen molar-refractivity contribution in [3.05, 3.63) is 0 Å². The van der Waals surface area contributed by atoms with Gasteiger partial charge in [-0.3, -0.25) is 4.79 Å². The second-order valence-electron chi connectivity index (χ2n) is 11.9. The summed E-state index contributed by atoms with van der Waals surface area (Å²) in [5.74, 6) is -0.247. The zero-order chi connectivity index (χ0) is 36.1. The number of hydrogen-bond donors (Lipinski definition) is 0. The number of unbranched alkanes of at least 4 members (excludes halogenated alkanes) is 12.